The second-order valence-electron chi connectivity index (χ2n) is 8.20. The summed E-state index contributed by atoms with van der Waals surface area (Å²) in [5, 5.41) is 27.3. The molecule has 0 saturated heterocycles. The first-order valence-corrected chi connectivity index (χ1v) is 10.3. The van der Waals surface area contributed by atoms with Crippen LogP contribution in [-0.2, 0) is 9.53 Å². The van der Waals surface area contributed by atoms with Crippen LogP contribution in [0.5, 0.6) is 0 Å². The average Bonchev–Trinajstić information content (AvgIpc) is 2.58. The van der Waals surface area contributed by atoms with Gasteiger partial charge < -0.3 is 20.1 Å². The van der Waals surface area contributed by atoms with Crippen molar-refractivity contribution in [2.45, 2.75) is 52.9 Å². The summed E-state index contributed by atoms with van der Waals surface area (Å²) in [7, 11) is 0. The minimum Gasteiger partial charge on any atom is -0.464 e. The van der Waals surface area contributed by atoms with E-state index in [4.69, 9.17) is 14.9 Å². The van der Waals surface area contributed by atoms with Gasteiger partial charge in [-0.15, -0.1) is 0 Å². The lowest BCUT2D eigenvalue weighted by atomic mass is 9.89. The van der Waals surface area contributed by atoms with Gasteiger partial charge in [0.05, 0.1) is 19.8 Å². The summed E-state index contributed by atoms with van der Waals surface area (Å²) < 4.78 is 5.31. The van der Waals surface area contributed by atoms with Gasteiger partial charge in [-0.05, 0) is 18.3 Å². The summed E-state index contributed by atoms with van der Waals surface area (Å²) in [6.07, 6.45) is 4.69. The molecule has 27 heavy (non-hydrogen) atoms. The number of carbonyl (C=O) groups is 1. The molecule has 0 aromatic heterocycles. The Morgan fingerprint density at radius 2 is 1.30 bits per heavy atom. The van der Waals surface area contributed by atoms with Crippen molar-refractivity contribution >= 4 is 5.97 Å². The third-order valence-corrected chi connectivity index (χ3v) is 4.46. The number of hydrogen-bond donors (Lipinski definition) is 3. The first-order chi connectivity index (χ1) is 12.8. The molecular weight excluding hydrogens is 348 g/mol. The summed E-state index contributed by atoms with van der Waals surface area (Å²) >= 11 is 0. The fourth-order valence-electron chi connectivity index (χ4n) is 2.84. The molecule has 0 saturated carbocycles. The van der Waals surface area contributed by atoms with Crippen LogP contribution in [0, 0.1) is 5.41 Å². The molecule has 7 nitrogen and oxygen atoms in total. The summed E-state index contributed by atoms with van der Waals surface area (Å²) in [6, 6.07) is 0. The zero-order chi connectivity index (χ0) is 20.5. The van der Waals surface area contributed by atoms with E-state index in [9.17, 15) is 9.90 Å². The van der Waals surface area contributed by atoms with Crippen LogP contribution >= 0.6 is 0 Å². The zero-order valence-corrected chi connectivity index (χ0v) is 17.7. The summed E-state index contributed by atoms with van der Waals surface area (Å²) in [5.74, 6) is -0.156. The molecule has 0 aliphatic carbocycles. The number of rotatable bonds is 17. The number of nitrogens with zero attached hydrogens (tertiary/aromatic N) is 2. The van der Waals surface area contributed by atoms with Crippen LogP contribution in [0.2, 0.25) is 0 Å². The summed E-state index contributed by atoms with van der Waals surface area (Å²) in [4.78, 5) is 15.8. The van der Waals surface area contributed by atoms with Crippen molar-refractivity contribution in [1.29, 1.82) is 0 Å². The maximum Gasteiger partial charge on any atom is 0.305 e. The summed E-state index contributed by atoms with van der Waals surface area (Å²) in [5.41, 5.74) is 0.348. The molecule has 0 aromatic rings. The quantitative estimate of drug-likeness (QED) is 0.253. The van der Waals surface area contributed by atoms with Crippen LogP contribution in [0.3, 0.4) is 0 Å². The van der Waals surface area contributed by atoms with E-state index < -0.39 is 0 Å². The van der Waals surface area contributed by atoms with E-state index in [1.54, 1.807) is 0 Å². The molecule has 0 atom stereocenters. The Morgan fingerprint density at radius 1 is 0.778 bits per heavy atom. The number of aliphatic hydroxyl groups excluding tert-OH is 3. The van der Waals surface area contributed by atoms with E-state index in [0.717, 1.165) is 19.3 Å². The SMILES string of the molecule is CC(C)(C)CCCCCC(=O)OCCN(CCO)CCN(CCO)CCO. The smallest absolute Gasteiger partial charge is 0.305 e. The number of ether oxygens (including phenoxy) is 1. The van der Waals surface area contributed by atoms with E-state index in [1.807, 2.05) is 9.80 Å². The molecule has 0 rings (SSSR count). The van der Waals surface area contributed by atoms with E-state index in [-0.39, 0.29) is 25.8 Å². The second-order valence-corrected chi connectivity index (χ2v) is 8.20. The van der Waals surface area contributed by atoms with Gasteiger partial charge in [-0.1, -0.05) is 33.6 Å². The van der Waals surface area contributed by atoms with Crippen LogP contribution in [0.1, 0.15) is 52.9 Å². The molecule has 0 aromatic carbocycles. The Morgan fingerprint density at radius 3 is 1.78 bits per heavy atom. The van der Waals surface area contributed by atoms with Gasteiger partial charge in [0, 0.05) is 45.7 Å². The molecular formula is C20H42N2O5. The highest BCUT2D eigenvalue weighted by atomic mass is 16.5. The van der Waals surface area contributed by atoms with Gasteiger partial charge in [0.1, 0.15) is 6.61 Å². The van der Waals surface area contributed by atoms with Crippen molar-refractivity contribution in [3.05, 3.63) is 0 Å². The van der Waals surface area contributed by atoms with Crippen molar-refractivity contribution in [1.82, 2.24) is 9.80 Å². The number of hydrogen-bond acceptors (Lipinski definition) is 7. The monoisotopic (exact) mass is 390 g/mol. The van der Waals surface area contributed by atoms with E-state index in [2.05, 4.69) is 20.8 Å². The highest BCUT2D eigenvalue weighted by molar-refractivity contribution is 5.69. The molecule has 7 heteroatoms. The fourth-order valence-corrected chi connectivity index (χ4v) is 2.84. The van der Waals surface area contributed by atoms with Gasteiger partial charge in [-0.25, -0.2) is 0 Å². The third kappa shape index (κ3) is 17.1. The maximum atomic E-state index is 11.8. The minimum atomic E-state index is -0.156. The average molecular weight is 391 g/mol. The second kappa shape index (κ2) is 16.2. The lowest BCUT2D eigenvalue weighted by Gasteiger charge is -2.26. The Bertz CT molecular complexity index is 355. The molecule has 0 bridgehead atoms. The number of carbonyl (C=O) groups excluding carboxylic acids is 1. The molecule has 0 heterocycles. The molecule has 0 spiro atoms. The Labute approximate surface area is 165 Å². The molecule has 0 radical (unpaired) electrons. The van der Waals surface area contributed by atoms with Crippen LogP contribution < -0.4 is 0 Å². The zero-order valence-electron chi connectivity index (χ0n) is 17.7. The van der Waals surface area contributed by atoms with Gasteiger partial charge in [-0.2, -0.15) is 0 Å². The van der Waals surface area contributed by atoms with E-state index >= 15 is 0 Å². The molecule has 0 aliphatic heterocycles. The van der Waals surface area contributed by atoms with Gasteiger partial charge in [0.2, 0.25) is 0 Å². The molecule has 0 aliphatic rings. The molecule has 162 valence electrons. The Hall–Kier alpha value is -0.730. The van der Waals surface area contributed by atoms with E-state index in [1.165, 1.54) is 6.42 Å². The number of esters is 1. The van der Waals surface area contributed by atoms with Gasteiger partial charge in [-0.3, -0.25) is 14.6 Å². The number of aliphatic hydroxyl groups is 3. The molecule has 0 fully saturated rings. The van der Waals surface area contributed by atoms with E-state index in [0.29, 0.717) is 57.7 Å². The maximum absolute atomic E-state index is 11.8. The van der Waals surface area contributed by atoms with Crippen LogP contribution in [0.15, 0.2) is 0 Å². The van der Waals surface area contributed by atoms with Crippen LogP contribution in [-0.4, -0.2) is 96.8 Å². The first-order valence-electron chi connectivity index (χ1n) is 10.3. The normalized spacial score (nSPS) is 12.1. The van der Waals surface area contributed by atoms with Crippen molar-refractivity contribution in [3.8, 4) is 0 Å². The predicted molar refractivity (Wildman–Crippen MR) is 108 cm³/mol. The fraction of sp³-hybridized carbons (Fsp3) is 0.950. The largest absolute Gasteiger partial charge is 0.464 e. The highest BCUT2D eigenvalue weighted by Crippen LogP contribution is 2.22. The van der Waals surface area contributed by atoms with Crippen molar-refractivity contribution in [2.24, 2.45) is 5.41 Å². The Balaban J connectivity index is 3.94. The van der Waals surface area contributed by atoms with Crippen molar-refractivity contribution in [3.63, 3.8) is 0 Å². The lowest BCUT2D eigenvalue weighted by Crippen LogP contribution is -2.40. The first kappa shape index (κ1) is 26.3. The van der Waals surface area contributed by atoms with Gasteiger partial charge in [0.15, 0.2) is 0 Å². The number of unbranched alkanes of at least 4 members (excludes halogenated alkanes) is 2. The van der Waals surface area contributed by atoms with Crippen molar-refractivity contribution < 1.29 is 24.9 Å². The van der Waals surface area contributed by atoms with Crippen LogP contribution in [0.25, 0.3) is 0 Å². The topological polar surface area (TPSA) is 93.5 Å². The molecule has 0 amide bonds. The van der Waals surface area contributed by atoms with Gasteiger partial charge in [0.25, 0.3) is 0 Å². The van der Waals surface area contributed by atoms with Crippen molar-refractivity contribution in [2.75, 3.05) is 65.7 Å². The Kier molecular flexibility index (Phi) is 15.8. The molecule has 3 N–H and O–H groups in total. The minimum absolute atomic E-state index is 0.0434. The third-order valence-electron chi connectivity index (χ3n) is 4.46. The standard InChI is InChI=1S/C20H42N2O5/c1-20(2,3)8-6-4-5-7-19(26)27-18-14-22(13-17-25)10-9-21(11-15-23)12-16-24/h23-25H,4-18H2,1-3H3. The van der Waals surface area contributed by atoms with Crippen LogP contribution in [0.4, 0.5) is 0 Å². The lowest BCUT2D eigenvalue weighted by molar-refractivity contribution is -0.144. The molecule has 0 unspecified atom stereocenters. The predicted octanol–water partition coefficient (Wildman–Crippen LogP) is 1.11. The van der Waals surface area contributed by atoms with Gasteiger partial charge >= 0.3 is 5.97 Å². The highest BCUT2D eigenvalue weighted by Gasteiger charge is 2.11. The summed E-state index contributed by atoms with van der Waals surface area (Å²) in [6.45, 7) is 10.6.